The number of ether oxygens (including phenoxy) is 3. The van der Waals surface area contributed by atoms with Crippen LogP contribution in [-0.4, -0.2) is 37.2 Å². The number of carbonyl (C=O) groups excluding carboxylic acids is 3. The number of hydrogen-bond acceptors (Lipinski definition) is 6. The molecule has 332 valence electrons. The van der Waals surface area contributed by atoms with Crippen LogP contribution in [0.4, 0.5) is 0 Å². The van der Waals surface area contributed by atoms with E-state index in [1.807, 2.05) is 0 Å². The van der Waals surface area contributed by atoms with Gasteiger partial charge in [0.05, 0.1) is 0 Å². The molecule has 0 rings (SSSR count). The predicted molar refractivity (Wildman–Crippen MR) is 238 cm³/mol. The molecule has 0 aromatic carbocycles. The maximum Gasteiger partial charge on any atom is 0.306 e. The van der Waals surface area contributed by atoms with Crippen LogP contribution in [-0.2, 0) is 28.6 Å². The van der Waals surface area contributed by atoms with Gasteiger partial charge in [0.1, 0.15) is 13.2 Å². The van der Waals surface area contributed by atoms with Crippen LogP contribution in [0.15, 0.2) is 0 Å². The maximum absolute atomic E-state index is 12.7. The molecule has 0 unspecified atom stereocenters. The van der Waals surface area contributed by atoms with Crippen LogP contribution < -0.4 is 0 Å². The van der Waals surface area contributed by atoms with Crippen LogP contribution in [0.3, 0.4) is 0 Å². The number of unbranched alkanes of at least 4 members (excludes halogenated alkanes) is 29. The van der Waals surface area contributed by atoms with Crippen LogP contribution >= 0.6 is 0 Å². The van der Waals surface area contributed by atoms with E-state index in [0.717, 1.165) is 69.6 Å². The van der Waals surface area contributed by atoms with Gasteiger partial charge in [-0.3, -0.25) is 14.4 Å². The largest absolute Gasteiger partial charge is 0.462 e. The topological polar surface area (TPSA) is 78.9 Å². The summed E-state index contributed by atoms with van der Waals surface area (Å²) in [7, 11) is 0. The Hall–Kier alpha value is -1.59. The number of rotatable bonds is 44. The molecule has 0 saturated heterocycles. The fourth-order valence-corrected chi connectivity index (χ4v) is 7.46. The Balaban J connectivity index is 4.30. The standard InChI is InChI=1S/C50H96O6/c1-6-7-8-9-10-11-12-16-19-25-30-35-40-48(51)54-43-47(56-50(53)42-37-32-27-22-21-24-29-34-39-46(4)5)44-55-49(52)41-36-31-26-20-17-14-13-15-18-23-28-33-38-45(2)3/h45-47H,6-44H2,1-5H3/t47-/m0/s1. The van der Waals surface area contributed by atoms with E-state index >= 15 is 0 Å². The molecule has 0 bridgehead atoms. The lowest BCUT2D eigenvalue weighted by atomic mass is 10.0. The van der Waals surface area contributed by atoms with E-state index in [-0.39, 0.29) is 31.1 Å². The molecule has 0 fully saturated rings. The second-order valence-electron chi connectivity index (χ2n) is 18.1. The van der Waals surface area contributed by atoms with Crippen molar-refractivity contribution >= 4 is 17.9 Å². The van der Waals surface area contributed by atoms with Crippen molar-refractivity contribution in [2.75, 3.05) is 13.2 Å². The number of esters is 3. The Morgan fingerprint density at radius 2 is 0.589 bits per heavy atom. The van der Waals surface area contributed by atoms with Crippen molar-refractivity contribution in [2.24, 2.45) is 11.8 Å². The Labute approximate surface area is 348 Å². The van der Waals surface area contributed by atoms with Crippen molar-refractivity contribution < 1.29 is 28.6 Å². The van der Waals surface area contributed by atoms with Crippen LogP contribution in [0.2, 0.25) is 0 Å². The van der Waals surface area contributed by atoms with Crippen LogP contribution in [0, 0.1) is 11.8 Å². The number of hydrogen-bond donors (Lipinski definition) is 0. The lowest BCUT2D eigenvalue weighted by Crippen LogP contribution is -2.30. The fourth-order valence-electron chi connectivity index (χ4n) is 7.46. The fraction of sp³-hybridized carbons (Fsp3) is 0.940. The molecule has 0 N–H and O–H groups in total. The molecule has 0 aliphatic carbocycles. The predicted octanol–water partition coefficient (Wildman–Crippen LogP) is 15.8. The summed E-state index contributed by atoms with van der Waals surface area (Å²) in [5.74, 6) is 0.774. The molecular weight excluding hydrogens is 697 g/mol. The van der Waals surface area contributed by atoms with Gasteiger partial charge in [-0.05, 0) is 31.1 Å². The van der Waals surface area contributed by atoms with Gasteiger partial charge in [0.2, 0.25) is 0 Å². The average molecular weight is 793 g/mol. The van der Waals surface area contributed by atoms with Crippen LogP contribution in [0.25, 0.3) is 0 Å². The van der Waals surface area contributed by atoms with E-state index in [1.165, 1.54) is 161 Å². The molecule has 0 saturated carbocycles. The first-order chi connectivity index (χ1) is 27.2. The summed E-state index contributed by atoms with van der Waals surface area (Å²) in [6.07, 6.45) is 42.3. The highest BCUT2D eigenvalue weighted by atomic mass is 16.6. The van der Waals surface area contributed by atoms with Crippen LogP contribution in [0.1, 0.15) is 272 Å². The highest BCUT2D eigenvalue weighted by molar-refractivity contribution is 5.71. The Kier molecular flexibility index (Phi) is 41.8. The Morgan fingerprint density at radius 3 is 0.875 bits per heavy atom. The van der Waals surface area contributed by atoms with Crippen molar-refractivity contribution in [1.29, 1.82) is 0 Å². The zero-order valence-electron chi connectivity index (χ0n) is 38.3. The van der Waals surface area contributed by atoms with Crippen molar-refractivity contribution in [1.82, 2.24) is 0 Å². The average Bonchev–Trinajstić information content (AvgIpc) is 3.16. The van der Waals surface area contributed by atoms with Gasteiger partial charge in [0.15, 0.2) is 6.10 Å². The van der Waals surface area contributed by atoms with Crippen molar-refractivity contribution in [3.05, 3.63) is 0 Å². The summed E-state index contributed by atoms with van der Waals surface area (Å²) < 4.78 is 16.8. The Morgan fingerprint density at radius 1 is 0.339 bits per heavy atom. The molecule has 0 aromatic heterocycles. The molecule has 0 aliphatic rings. The minimum atomic E-state index is -0.761. The summed E-state index contributed by atoms with van der Waals surface area (Å²) in [5, 5.41) is 0. The zero-order valence-corrected chi connectivity index (χ0v) is 38.3. The first kappa shape index (κ1) is 54.4. The van der Waals surface area contributed by atoms with E-state index in [9.17, 15) is 14.4 Å². The minimum Gasteiger partial charge on any atom is -0.462 e. The molecule has 0 spiro atoms. The van der Waals surface area contributed by atoms with Gasteiger partial charge in [-0.25, -0.2) is 0 Å². The molecule has 0 heterocycles. The summed E-state index contributed by atoms with van der Waals surface area (Å²) in [4.78, 5) is 37.8. The van der Waals surface area contributed by atoms with Gasteiger partial charge < -0.3 is 14.2 Å². The van der Waals surface area contributed by atoms with E-state index in [0.29, 0.717) is 19.3 Å². The van der Waals surface area contributed by atoms with E-state index < -0.39 is 6.10 Å². The summed E-state index contributed by atoms with van der Waals surface area (Å²) >= 11 is 0. The van der Waals surface area contributed by atoms with Crippen LogP contribution in [0.5, 0.6) is 0 Å². The van der Waals surface area contributed by atoms with Gasteiger partial charge in [0, 0.05) is 19.3 Å². The monoisotopic (exact) mass is 793 g/mol. The van der Waals surface area contributed by atoms with E-state index in [2.05, 4.69) is 34.6 Å². The highest BCUT2D eigenvalue weighted by Gasteiger charge is 2.19. The minimum absolute atomic E-state index is 0.0644. The van der Waals surface area contributed by atoms with Gasteiger partial charge >= 0.3 is 17.9 Å². The van der Waals surface area contributed by atoms with E-state index in [4.69, 9.17) is 14.2 Å². The van der Waals surface area contributed by atoms with Crippen molar-refractivity contribution in [2.45, 2.75) is 278 Å². The van der Waals surface area contributed by atoms with Gasteiger partial charge in [-0.15, -0.1) is 0 Å². The third-order valence-corrected chi connectivity index (χ3v) is 11.2. The first-order valence-corrected chi connectivity index (χ1v) is 24.7. The summed E-state index contributed by atoms with van der Waals surface area (Å²) in [5.41, 5.74) is 0. The molecule has 0 aliphatic heterocycles. The highest BCUT2D eigenvalue weighted by Crippen LogP contribution is 2.17. The molecule has 0 aromatic rings. The molecule has 6 heteroatoms. The molecule has 6 nitrogen and oxygen atoms in total. The molecule has 56 heavy (non-hydrogen) atoms. The molecule has 0 amide bonds. The first-order valence-electron chi connectivity index (χ1n) is 24.7. The second kappa shape index (κ2) is 43.0. The molecular formula is C50H96O6. The van der Waals surface area contributed by atoms with Gasteiger partial charge in [-0.2, -0.15) is 0 Å². The zero-order chi connectivity index (χ0) is 41.2. The lowest BCUT2D eigenvalue weighted by Gasteiger charge is -2.18. The molecule has 1 atom stereocenters. The third kappa shape index (κ3) is 43.5. The van der Waals surface area contributed by atoms with Crippen molar-refractivity contribution in [3.8, 4) is 0 Å². The SMILES string of the molecule is CCCCCCCCCCCCCCC(=O)OC[C@@H](COC(=O)CCCCCCCCCCCCCCC(C)C)OC(=O)CCCCCCCCCCC(C)C. The van der Waals surface area contributed by atoms with Gasteiger partial charge in [-0.1, -0.05) is 234 Å². The molecule has 0 radical (unpaired) electrons. The normalized spacial score (nSPS) is 12.1. The smallest absolute Gasteiger partial charge is 0.306 e. The van der Waals surface area contributed by atoms with Crippen molar-refractivity contribution in [3.63, 3.8) is 0 Å². The quantitative estimate of drug-likeness (QED) is 0.0347. The van der Waals surface area contributed by atoms with Gasteiger partial charge in [0.25, 0.3) is 0 Å². The Bertz CT molecular complexity index is 854. The second-order valence-corrected chi connectivity index (χ2v) is 18.1. The maximum atomic E-state index is 12.7. The number of carbonyl (C=O) groups is 3. The van der Waals surface area contributed by atoms with E-state index in [1.54, 1.807) is 0 Å². The third-order valence-electron chi connectivity index (χ3n) is 11.2. The summed E-state index contributed by atoms with van der Waals surface area (Å²) in [6.45, 7) is 11.3. The lowest BCUT2D eigenvalue weighted by molar-refractivity contribution is -0.167. The summed E-state index contributed by atoms with van der Waals surface area (Å²) in [6, 6.07) is 0.